The summed E-state index contributed by atoms with van der Waals surface area (Å²) in [6, 6.07) is 0. The van der Waals surface area contributed by atoms with Crippen LogP contribution in [0.1, 0.15) is 0 Å². The third-order valence-electron chi connectivity index (χ3n) is 0.988. The zero-order valence-electron chi connectivity index (χ0n) is 4.60. The minimum Gasteiger partial charge on any atom is -0.394 e. The van der Waals surface area contributed by atoms with E-state index in [1.54, 1.807) is 0 Å². The first-order chi connectivity index (χ1) is 3.68. The molecule has 0 bridgehead atoms. The number of nitrogens with two attached hydrogens (primary N) is 1. The first-order valence-electron chi connectivity index (χ1n) is 2.34. The largest absolute Gasteiger partial charge is 0.394 e. The molecule has 0 saturated heterocycles. The van der Waals surface area contributed by atoms with Crippen LogP contribution >= 0.6 is 9.24 Å². The molecular weight excluding hydrogens is 128 g/mol. The fraction of sp³-hybridized carbons (Fsp3) is 1.00. The summed E-state index contributed by atoms with van der Waals surface area (Å²) in [5.74, 6) is 0. The number of hydrogen-bond donors (Lipinski definition) is 2. The van der Waals surface area contributed by atoms with Crippen LogP contribution in [-0.4, -0.2) is 30.1 Å². The standard InChI is InChI=1S/C4H11FNOP/c5-1-4(6,2-7)3-8/h7H,1-3,6,8H2. The molecule has 2 nitrogen and oxygen atoms in total. The first-order valence-corrected chi connectivity index (χ1v) is 3.16. The summed E-state index contributed by atoms with van der Waals surface area (Å²) in [4.78, 5) is 0. The summed E-state index contributed by atoms with van der Waals surface area (Å²) in [6.45, 7) is -0.972. The van der Waals surface area contributed by atoms with Crippen LogP contribution in [0.2, 0.25) is 0 Å². The molecule has 0 aliphatic heterocycles. The maximum Gasteiger partial charge on any atom is 0.110 e. The minimum absolute atomic E-state index is 0.299. The third-order valence-corrected chi connectivity index (χ3v) is 1.80. The fourth-order valence-corrected chi connectivity index (χ4v) is 0.400. The van der Waals surface area contributed by atoms with Gasteiger partial charge < -0.3 is 10.8 Å². The topological polar surface area (TPSA) is 46.2 Å². The van der Waals surface area contributed by atoms with Gasteiger partial charge in [0.2, 0.25) is 0 Å². The molecule has 2 unspecified atom stereocenters. The van der Waals surface area contributed by atoms with Gasteiger partial charge in [-0.2, -0.15) is 0 Å². The van der Waals surface area contributed by atoms with Gasteiger partial charge in [-0.1, -0.05) is 0 Å². The molecule has 0 aliphatic carbocycles. The number of alkyl halides is 1. The van der Waals surface area contributed by atoms with Crippen LogP contribution < -0.4 is 5.73 Å². The molecule has 2 atom stereocenters. The maximum atomic E-state index is 11.7. The van der Waals surface area contributed by atoms with Crippen molar-refractivity contribution in [2.45, 2.75) is 5.54 Å². The molecule has 0 spiro atoms. The van der Waals surface area contributed by atoms with Crippen molar-refractivity contribution >= 4 is 9.24 Å². The van der Waals surface area contributed by atoms with Crippen LogP contribution in [0.15, 0.2) is 0 Å². The Morgan fingerprint density at radius 1 is 1.75 bits per heavy atom. The van der Waals surface area contributed by atoms with Crippen molar-refractivity contribution in [3.63, 3.8) is 0 Å². The molecule has 0 aromatic heterocycles. The molecule has 0 saturated carbocycles. The molecule has 4 heteroatoms. The lowest BCUT2D eigenvalue weighted by Gasteiger charge is -2.19. The van der Waals surface area contributed by atoms with Gasteiger partial charge >= 0.3 is 0 Å². The Balaban J connectivity index is 3.58. The van der Waals surface area contributed by atoms with Crippen LogP contribution in [0.4, 0.5) is 4.39 Å². The summed E-state index contributed by atoms with van der Waals surface area (Å²) >= 11 is 0. The van der Waals surface area contributed by atoms with Gasteiger partial charge in [0.1, 0.15) is 6.67 Å². The number of rotatable bonds is 3. The Morgan fingerprint density at radius 2 is 2.25 bits per heavy atom. The summed E-state index contributed by atoms with van der Waals surface area (Å²) in [5, 5.41) is 8.41. The SMILES string of the molecule is NC(CO)(CF)CP. The second kappa shape index (κ2) is 3.33. The monoisotopic (exact) mass is 139 g/mol. The molecular formula is C4H11FNOP. The predicted octanol–water partition coefficient (Wildman–Crippen LogP) is -0.479. The molecule has 0 rings (SSSR count). The second-order valence-electron chi connectivity index (χ2n) is 1.86. The van der Waals surface area contributed by atoms with Gasteiger partial charge in [-0.25, -0.2) is 4.39 Å². The summed E-state index contributed by atoms with van der Waals surface area (Å²) < 4.78 is 11.7. The average molecular weight is 139 g/mol. The van der Waals surface area contributed by atoms with Gasteiger partial charge in [0, 0.05) is 0 Å². The summed E-state index contributed by atoms with van der Waals surface area (Å²) in [7, 11) is 2.29. The van der Waals surface area contributed by atoms with Crippen LogP contribution in [0.5, 0.6) is 0 Å². The average Bonchev–Trinajstić information content (AvgIpc) is 1.87. The van der Waals surface area contributed by atoms with Crippen molar-refractivity contribution in [1.29, 1.82) is 0 Å². The van der Waals surface area contributed by atoms with Crippen molar-refractivity contribution in [1.82, 2.24) is 0 Å². The molecule has 0 aromatic carbocycles. The van der Waals surface area contributed by atoms with E-state index < -0.39 is 12.2 Å². The highest BCUT2D eigenvalue weighted by Crippen LogP contribution is 2.03. The molecule has 3 N–H and O–H groups in total. The van der Waals surface area contributed by atoms with E-state index in [1.807, 2.05) is 0 Å². The van der Waals surface area contributed by atoms with Crippen molar-refractivity contribution in [2.75, 3.05) is 19.4 Å². The normalized spacial score (nSPS) is 18.0. The molecule has 0 heterocycles. The maximum absolute atomic E-state index is 11.7. The Morgan fingerprint density at radius 3 is 2.25 bits per heavy atom. The van der Waals surface area contributed by atoms with Crippen LogP contribution in [-0.2, 0) is 0 Å². The van der Waals surface area contributed by atoms with Gasteiger partial charge in [0.15, 0.2) is 0 Å². The van der Waals surface area contributed by atoms with Gasteiger partial charge in [-0.3, -0.25) is 0 Å². The Kier molecular flexibility index (Phi) is 3.45. The van der Waals surface area contributed by atoms with Gasteiger partial charge in [-0.15, -0.1) is 9.24 Å². The van der Waals surface area contributed by atoms with E-state index in [9.17, 15) is 4.39 Å². The quantitative estimate of drug-likeness (QED) is 0.519. The van der Waals surface area contributed by atoms with Crippen LogP contribution in [0.25, 0.3) is 0 Å². The van der Waals surface area contributed by atoms with Crippen molar-refractivity contribution in [2.24, 2.45) is 5.73 Å². The lowest BCUT2D eigenvalue weighted by Crippen LogP contribution is -2.47. The van der Waals surface area contributed by atoms with Gasteiger partial charge in [-0.05, 0) is 6.16 Å². The van der Waals surface area contributed by atoms with Crippen molar-refractivity contribution in [3.8, 4) is 0 Å². The van der Waals surface area contributed by atoms with E-state index in [4.69, 9.17) is 10.8 Å². The van der Waals surface area contributed by atoms with Crippen molar-refractivity contribution in [3.05, 3.63) is 0 Å². The van der Waals surface area contributed by atoms with E-state index in [-0.39, 0.29) is 6.61 Å². The highest BCUT2D eigenvalue weighted by Gasteiger charge is 2.20. The molecule has 0 amide bonds. The highest BCUT2D eigenvalue weighted by molar-refractivity contribution is 7.16. The molecule has 0 aliphatic rings. The third kappa shape index (κ3) is 2.03. The second-order valence-corrected chi connectivity index (χ2v) is 2.27. The molecule has 0 fully saturated rings. The Hall–Kier alpha value is 0.280. The van der Waals surface area contributed by atoms with E-state index >= 15 is 0 Å². The number of aliphatic hydroxyl groups is 1. The zero-order chi connectivity index (χ0) is 6.62. The van der Waals surface area contributed by atoms with E-state index in [0.717, 1.165) is 0 Å². The van der Waals surface area contributed by atoms with Gasteiger partial charge in [0.05, 0.1) is 12.1 Å². The molecule has 0 aromatic rings. The number of hydrogen-bond acceptors (Lipinski definition) is 2. The van der Waals surface area contributed by atoms with Crippen molar-refractivity contribution < 1.29 is 9.50 Å². The lowest BCUT2D eigenvalue weighted by atomic mass is 10.1. The number of aliphatic hydroxyl groups excluding tert-OH is 1. The Labute approximate surface area is 50.5 Å². The highest BCUT2D eigenvalue weighted by atomic mass is 31.0. The molecule has 50 valence electrons. The van der Waals surface area contributed by atoms with E-state index in [0.29, 0.717) is 6.16 Å². The summed E-state index contributed by atoms with van der Waals surface area (Å²) in [5.41, 5.74) is 4.23. The fourth-order valence-electron chi connectivity index (χ4n) is 0.161. The number of halogens is 1. The van der Waals surface area contributed by atoms with E-state index in [2.05, 4.69) is 9.24 Å². The summed E-state index contributed by atoms with van der Waals surface area (Å²) in [6.07, 6.45) is 0.389. The van der Waals surface area contributed by atoms with Crippen LogP contribution in [0, 0.1) is 0 Å². The minimum atomic E-state index is -1.02. The van der Waals surface area contributed by atoms with E-state index in [1.165, 1.54) is 0 Å². The zero-order valence-corrected chi connectivity index (χ0v) is 5.76. The van der Waals surface area contributed by atoms with Gasteiger partial charge in [0.25, 0.3) is 0 Å². The smallest absolute Gasteiger partial charge is 0.110 e. The molecule has 0 radical (unpaired) electrons. The first kappa shape index (κ1) is 8.28. The Bertz CT molecular complexity index is 58.8. The molecule has 8 heavy (non-hydrogen) atoms. The van der Waals surface area contributed by atoms with Crippen LogP contribution in [0.3, 0.4) is 0 Å². The predicted molar refractivity (Wildman–Crippen MR) is 34.6 cm³/mol. The lowest BCUT2D eigenvalue weighted by molar-refractivity contribution is 0.182.